The molecule has 96 valence electrons. The van der Waals surface area contributed by atoms with Crippen molar-refractivity contribution in [2.45, 2.75) is 13.3 Å². The summed E-state index contributed by atoms with van der Waals surface area (Å²) in [5, 5.41) is 0. The molecule has 0 aliphatic carbocycles. The fourth-order valence-electron chi connectivity index (χ4n) is 2.05. The molecule has 2 rings (SSSR count). The lowest BCUT2D eigenvalue weighted by Gasteiger charge is -2.21. The first kappa shape index (κ1) is 13.0. The van der Waals surface area contributed by atoms with Crippen LogP contribution in [0.25, 0.3) is 0 Å². The zero-order valence-corrected chi connectivity index (χ0v) is 11.6. The lowest BCUT2D eigenvalue weighted by Crippen LogP contribution is -2.38. The summed E-state index contributed by atoms with van der Waals surface area (Å²) in [7, 11) is 0. The molecule has 1 fully saturated rings. The fourth-order valence-corrected chi connectivity index (χ4v) is 2.41. The molecular formula is C12H14BrN3O2. The lowest BCUT2D eigenvalue weighted by molar-refractivity contribution is -0.126. The predicted molar refractivity (Wildman–Crippen MR) is 69.8 cm³/mol. The largest absolute Gasteiger partial charge is 0.369 e. The molecule has 5 nitrogen and oxygen atoms in total. The summed E-state index contributed by atoms with van der Waals surface area (Å²) in [6.45, 7) is 2.71. The number of primary amides is 1. The molecule has 0 bridgehead atoms. The van der Waals surface area contributed by atoms with Crippen molar-refractivity contribution in [1.29, 1.82) is 0 Å². The van der Waals surface area contributed by atoms with Crippen LogP contribution in [0.4, 0.5) is 0 Å². The van der Waals surface area contributed by atoms with Crippen LogP contribution in [-0.2, 0) is 4.79 Å². The van der Waals surface area contributed by atoms with E-state index in [1.54, 1.807) is 24.1 Å². The Morgan fingerprint density at radius 1 is 1.50 bits per heavy atom. The molecule has 18 heavy (non-hydrogen) atoms. The van der Waals surface area contributed by atoms with E-state index in [0.717, 1.165) is 4.47 Å². The number of rotatable bonds is 2. The molecule has 1 aromatic rings. The SMILES string of the molecule is CC1(C(N)=O)CCN(C(=O)c2cncc(Br)c2)C1. The molecule has 2 heterocycles. The summed E-state index contributed by atoms with van der Waals surface area (Å²) in [6.07, 6.45) is 3.75. The van der Waals surface area contributed by atoms with E-state index in [1.165, 1.54) is 6.20 Å². The number of aromatic nitrogens is 1. The van der Waals surface area contributed by atoms with Gasteiger partial charge >= 0.3 is 0 Å². The number of amides is 2. The molecule has 2 N–H and O–H groups in total. The van der Waals surface area contributed by atoms with Crippen molar-refractivity contribution in [3.8, 4) is 0 Å². The first-order valence-corrected chi connectivity index (χ1v) is 6.41. The quantitative estimate of drug-likeness (QED) is 0.891. The van der Waals surface area contributed by atoms with Crippen LogP contribution in [0.1, 0.15) is 23.7 Å². The van der Waals surface area contributed by atoms with Crippen LogP contribution in [0, 0.1) is 5.41 Å². The van der Waals surface area contributed by atoms with Gasteiger partial charge in [-0.2, -0.15) is 0 Å². The number of hydrogen-bond acceptors (Lipinski definition) is 3. The van der Waals surface area contributed by atoms with Crippen LogP contribution >= 0.6 is 15.9 Å². The monoisotopic (exact) mass is 311 g/mol. The molecular weight excluding hydrogens is 298 g/mol. The third-order valence-corrected chi connectivity index (χ3v) is 3.74. The van der Waals surface area contributed by atoms with Gasteiger partial charge < -0.3 is 10.6 Å². The van der Waals surface area contributed by atoms with Gasteiger partial charge in [0.1, 0.15) is 0 Å². The van der Waals surface area contributed by atoms with Crippen molar-refractivity contribution < 1.29 is 9.59 Å². The van der Waals surface area contributed by atoms with Crippen molar-refractivity contribution >= 4 is 27.7 Å². The number of hydrogen-bond donors (Lipinski definition) is 1. The zero-order chi connectivity index (χ0) is 13.3. The minimum absolute atomic E-state index is 0.117. The third-order valence-electron chi connectivity index (χ3n) is 3.31. The highest BCUT2D eigenvalue weighted by Crippen LogP contribution is 2.30. The van der Waals surface area contributed by atoms with E-state index in [0.29, 0.717) is 25.1 Å². The minimum Gasteiger partial charge on any atom is -0.369 e. The normalized spacial score (nSPS) is 23.1. The van der Waals surface area contributed by atoms with Gasteiger partial charge in [0.15, 0.2) is 0 Å². The summed E-state index contributed by atoms with van der Waals surface area (Å²) in [5.74, 6) is -0.473. The van der Waals surface area contributed by atoms with E-state index >= 15 is 0 Å². The van der Waals surface area contributed by atoms with Gasteiger partial charge in [-0.3, -0.25) is 14.6 Å². The number of nitrogens with two attached hydrogens (primary N) is 1. The maximum atomic E-state index is 12.2. The van der Waals surface area contributed by atoms with Crippen molar-refractivity contribution in [2.24, 2.45) is 11.1 Å². The van der Waals surface area contributed by atoms with Crippen molar-refractivity contribution in [3.63, 3.8) is 0 Å². The van der Waals surface area contributed by atoms with Gasteiger partial charge in [0, 0.05) is 30.0 Å². The molecule has 2 amide bonds. The maximum Gasteiger partial charge on any atom is 0.255 e. The van der Waals surface area contributed by atoms with Gasteiger partial charge in [0.2, 0.25) is 5.91 Å². The zero-order valence-electron chi connectivity index (χ0n) is 10.0. The molecule has 1 atom stereocenters. The highest BCUT2D eigenvalue weighted by atomic mass is 79.9. The Kier molecular flexibility index (Phi) is 3.38. The Morgan fingerprint density at radius 3 is 2.78 bits per heavy atom. The number of halogens is 1. The van der Waals surface area contributed by atoms with Gasteiger partial charge in [-0.05, 0) is 35.3 Å². The number of nitrogens with zero attached hydrogens (tertiary/aromatic N) is 2. The second-order valence-electron chi connectivity index (χ2n) is 4.79. The molecule has 6 heteroatoms. The lowest BCUT2D eigenvalue weighted by atomic mass is 9.89. The van der Waals surface area contributed by atoms with E-state index in [1.807, 2.05) is 0 Å². The van der Waals surface area contributed by atoms with Crippen molar-refractivity contribution in [1.82, 2.24) is 9.88 Å². The van der Waals surface area contributed by atoms with Crippen LogP contribution in [0.3, 0.4) is 0 Å². The van der Waals surface area contributed by atoms with Gasteiger partial charge in [0.25, 0.3) is 5.91 Å². The summed E-state index contributed by atoms with van der Waals surface area (Å²) < 4.78 is 0.755. The Balaban J connectivity index is 2.15. The van der Waals surface area contributed by atoms with Gasteiger partial charge in [-0.25, -0.2) is 0 Å². The molecule has 0 aromatic carbocycles. The average Bonchev–Trinajstić information content (AvgIpc) is 2.72. The van der Waals surface area contributed by atoms with Gasteiger partial charge in [0.05, 0.1) is 11.0 Å². The fraction of sp³-hybridized carbons (Fsp3) is 0.417. The molecule has 1 aromatic heterocycles. The van der Waals surface area contributed by atoms with Crippen LogP contribution in [0.15, 0.2) is 22.9 Å². The molecule has 1 aliphatic rings. The molecule has 0 radical (unpaired) electrons. The summed E-state index contributed by atoms with van der Waals surface area (Å²) in [6, 6.07) is 1.72. The third kappa shape index (κ3) is 2.38. The van der Waals surface area contributed by atoms with Crippen LogP contribution in [-0.4, -0.2) is 34.8 Å². The second-order valence-corrected chi connectivity index (χ2v) is 5.71. The molecule has 1 saturated heterocycles. The Morgan fingerprint density at radius 2 is 2.22 bits per heavy atom. The second kappa shape index (κ2) is 4.68. The van der Waals surface area contributed by atoms with Gasteiger partial charge in [-0.15, -0.1) is 0 Å². The summed E-state index contributed by atoms with van der Waals surface area (Å²) in [4.78, 5) is 29.2. The standard InChI is InChI=1S/C12H14BrN3O2/c1-12(11(14)18)2-3-16(7-12)10(17)8-4-9(13)6-15-5-8/h4-6H,2-3,7H2,1H3,(H2,14,18). The summed E-state index contributed by atoms with van der Waals surface area (Å²) >= 11 is 3.28. The van der Waals surface area contributed by atoms with Crippen molar-refractivity contribution in [2.75, 3.05) is 13.1 Å². The number of likely N-dealkylation sites (tertiary alicyclic amines) is 1. The summed E-state index contributed by atoms with van der Waals surface area (Å²) in [5.41, 5.74) is 5.26. The highest BCUT2D eigenvalue weighted by molar-refractivity contribution is 9.10. The predicted octanol–water partition coefficient (Wildman–Crippen LogP) is 1.18. The molecule has 0 saturated carbocycles. The first-order valence-electron chi connectivity index (χ1n) is 5.62. The smallest absolute Gasteiger partial charge is 0.255 e. The molecule has 1 unspecified atom stereocenters. The van der Waals surface area contributed by atoms with Crippen LogP contribution in [0.2, 0.25) is 0 Å². The minimum atomic E-state index is -0.616. The van der Waals surface area contributed by atoms with Crippen molar-refractivity contribution in [3.05, 3.63) is 28.5 Å². The Hall–Kier alpha value is -1.43. The highest BCUT2D eigenvalue weighted by Gasteiger charge is 2.40. The van der Waals surface area contributed by atoms with E-state index in [-0.39, 0.29) is 11.8 Å². The first-order chi connectivity index (χ1) is 8.42. The van der Waals surface area contributed by atoms with E-state index in [9.17, 15) is 9.59 Å². The van der Waals surface area contributed by atoms with Crippen LogP contribution in [0.5, 0.6) is 0 Å². The number of carbonyl (C=O) groups is 2. The number of pyridine rings is 1. The van der Waals surface area contributed by atoms with Gasteiger partial charge in [-0.1, -0.05) is 0 Å². The average molecular weight is 312 g/mol. The maximum absolute atomic E-state index is 12.2. The van der Waals surface area contributed by atoms with Crippen LogP contribution < -0.4 is 5.73 Å². The topological polar surface area (TPSA) is 76.3 Å². The molecule has 0 spiro atoms. The molecule has 1 aliphatic heterocycles. The van der Waals surface area contributed by atoms with E-state index in [4.69, 9.17) is 5.73 Å². The van der Waals surface area contributed by atoms with E-state index in [2.05, 4.69) is 20.9 Å². The Bertz CT molecular complexity index is 506. The Labute approximate surface area is 113 Å². The number of carbonyl (C=O) groups excluding carboxylic acids is 2. The van der Waals surface area contributed by atoms with E-state index < -0.39 is 5.41 Å².